The number of carboxylic acids is 1. The highest BCUT2D eigenvalue weighted by atomic mass is 35.5. The zero-order valence-electron chi connectivity index (χ0n) is 19.0. The molecule has 186 valence electrons. The summed E-state index contributed by atoms with van der Waals surface area (Å²) < 4.78 is 5.72. The van der Waals surface area contributed by atoms with Crippen LogP contribution in [0.15, 0.2) is 0 Å². The summed E-state index contributed by atoms with van der Waals surface area (Å²) >= 11 is 13.5. The number of methoxy groups -OCH3 is 1. The first-order chi connectivity index (χ1) is 16.2. The summed E-state index contributed by atoms with van der Waals surface area (Å²) in [4.78, 5) is 36.6. The van der Waals surface area contributed by atoms with Crippen LogP contribution < -0.4 is 4.90 Å². The first kappa shape index (κ1) is 25.4. The van der Waals surface area contributed by atoms with Crippen LogP contribution in [0.2, 0.25) is 10.0 Å². The van der Waals surface area contributed by atoms with E-state index in [1.54, 1.807) is 14.0 Å². The summed E-state index contributed by atoms with van der Waals surface area (Å²) in [6.45, 7) is 4.53. The minimum atomic E-state index is -1.00. The largest absolute Gasteiger partial charge is 0.477 e. The zero-order valence-corrected chi connectivity index (χ0v) is 21.3. The van der Waals surface area contributed by atoms with Gasteiger partial charge in [0, 0.05) is 51.9 Å². The second kappa shape index (κ2) is 10.5. The Kier molecular flexibility index (Phi) is 7.85. The average molecular weight is 531 g/mol. The Morgan fingerprint density at radius 1 is 1.24 bits per heavy atom. The number of nitrogens with zero attached hydrogens (tertiary/aromatic N) is 3. The number of aromatic carboxylic acids is 1. The van der Waals surface area contributed by atoms with E-state index in [9.17, 15) is 19.8 Å². The van der Waals surface area contributed by atoms with Crippen molar-refractivity contribution in [2.24, 2.45) is 5.92 Å². The molecular weight excluding hydrogens is 503 g/mol. The number of hydrogen-bond acceptors (Lipinski definition) is 8. The average Bonchev–Trinajstić information content (AvgIpc) is 3.48. The second-order valence-electron chi connectivity index (χ2n) is 8.90. The SMILES string of the molecule is COC1CN(c2nc(CN3CCC(O)C3)c(C(=O)O)s2)CCC1CC(=O)c1[nH]c(C)c(Cl)c1Cl. The van der Waals surface area contributed by atoms with Crippen LogP contribution in [0.4, 0.5) is 5.13 Å². The number of aliphatic hydroxyl groups is 1. The molecule has 2 aromatic heterocycles. The Hall–Kier alpha value is -1.69. The smallest absolute Gasteiger partial charge is 0.347 e. The van der Waals surface area contributed by atoms with Crippen LogP contribution >= 0.6 is 34.5 Å². The molecule has 0 radical (unpaired) electrons. The number of nitrogens with one attached hydrogen (secondary N) is 1. The molecule has 3 N–H and O–H groups in total. The highest BCUT2D eigenvalue weighted by Crippen LogP contribution is 2.35. The number of aromatic amines is 1. The van der Waals surface area contributed by atoms with Crippen LogP contribution in [0.3, 0.4) is 0 Å². The maximum absolute atomic E-state index is 12.9. The predicted octanol–water partition coefficient (Wildman–Crippen LogP) is 3.47. The molecule has 0 amide bonds. The number of rotatable bonds is 8. The topological polar surface area (TPSA) is 119 Å². The molecule has 4 rings (SSSR count). The third-order valence-corrected chi connectivity index (χ3v) is 8.64. The quantitative estimate of drug-likeness (QED) is 0.444. The van der Waals surface area contributed by atoms with Gasteiger partial charge in [-0.05, 0) is 25.7 Å². The van der Waals surface area contributed by atoms with E-state index in [1.807, 2.05) is 9.80 Å². The van der Waals surface area contributed by atoms with E-state index in [2.05, 4.69) is 9.97 Å². The standard InChI is InChI=1S/C22H28Cl2N4O5S/c1-11-17(23)18(24)19(25-11)15(30)7-12-3-6-28(10-16(12)33-2)22-26-14(20(34-22)21(31)32)9-27-5-4-13(29)8-27/h12-13,16,25,29H,3-10H2,1-2H3,(H,31,32). The van der Waals surface area contributed by atoms with Crippen molar-refractivity contribution in [3.8, 4) is 0 Å². The number of carboxylic acid groups (broad SMARTS) is 1. The lowest BCUT2D eigenvalue weighted by molar-refractivity contribution is 0.0375. The highest BCUT2D eigenvalue weighted by molar-refractivity contribution is 7.17. The Bertz CT molecular complexity index is 1070. The van der Waals surface area contributed by atoms with Gasteiger partial charge < -0.3 is 24.8 Å². The van der Waals surface area contributed by atoms with Crippen molar-refractivity contribution < 1.29 is 24.5 Å². The molecule has 0 spiro atoms. The van der Waals surface area contributed by atoms with Crippen LogP contribution in [0.25, 0.3) is 0 Å². The number of ether oxygens (including phenoxy) is 1. The van der Waals surface area contributed by atoms with Gasteiger partial charge in [-0.3, -0.25) is 9.69 Å². The van der Waals surface area contributed by atoms with Crippen LogP contribution in [0, 0.1) is 12.8 Å². The summed E-state index contributed by atoms with van der Waals surface area (Å²) in [5.41, 5.74) is 1.50. The van der Waals surface area contributed by atoms with Gasteiger partial charge in [0.15, 0.2) is 10.9 Å². The lowest BCUT2D eigenvalue weighted by Crippen LogP contribution is -2.45. The number of anilines is 1. The molecule has 2 fully saturated rings. The van der Waals surface area contributed by atoms with Gasteiger partial charge in [0.2, 0.25) is 0 Å². The molecule has 2 aliphatic rings. The second-order valence-corrected chi connectivity index (χ2v) is 10.6. The molecule has 2 aliphatic heterocycles. The number of aromatic nitrogens is 2. The number of β-amino-alcohol motifs (C(OH)–C–C–N with tert-alkyl or cyclic N) is 1. The molecule has 0 aliphatic carbocycles. The summed E-state index contributed by atoms with van der Waals surface area (Å²) in [6, 6.07) is 0. The van der Waals surface area contributed by atoms with Crippen molar-refractivity contribution in [3.05, 3.63) is 32.0 Å². The zero-order chi connectivity index (χ0) is 24.6. The normalized spacial score (nSPS) is 23.6. The van der Waals surface area contributed by atoms with Crippen molar-refractivity contribution in [1.29, 1.82) is 0 Å². The van der Waals surface area contributed by atoms with Crippen molar-refractivity contribution in [2.45, 2.75) is 44.9 Å². The van der Waals surface area contributed by atoms with Crippen LogP contribution in [0.1, 0.15) is 50.8 Å². The van der Waals surface area contributed by atoms with Crippen LogP contribution in [-0.4, -0.2) is 82.3 Å². The van der Waals surface area contributed by atoms with Crippen molar-refractivity contribution in [2.75, 3.05) is 38.2 Å². The summed E-state index contributed by atoms with van der Waals surface area (Å²) in [5.74, 6) is -1.13. The third-order valence-electron chi connectivity index (χ3n) is 6.55. The van der Waals surface area contributed by atoms with Crippen LogP contribution in [0.5, 0.6) is 0 Å². The highest BCUT2D eigenvalue weighted by Gasteiger charge is 2.34. The van der Waals surface area contributed by atoms with Gasteiger partial charge in [-0.15, -0.1) is 0 Å². The van der Waals surface area contributed by atoms with E-state index in [1.165, 1.54) is 0 Å². The molecule has 4 heterocycles. The van der Waals surface area contributed by atoms with Crippen molar-refractivity contribution in [3.63, 3.8) is 0 Å². The number of ketones is 1. The molecule has 3 atom stereocenters. The number of H-pyrrole nitrogens is 1. The molecule has 0 saturated carbocycles. The Balaban J connectivity index is 1.45. The van der Waals surface area contributed by atoms with Gasteiger partial charge in [-0.25, -0.2) is 9.78 Å². The number of halogens is 2. The summed E-state index contributed by atoms with van der Waals surface area (Å²) in [6.07, 6.45) is 1.03. The fourth-order valence-corrected chi connectivity index (χ4v) is 6.04. The predicted molar refractivity (Wildman–Crippen MR) is 131 cm³/mol. The molecule has 2 aromatic rings. The molecule has 9 nitrogen and oxygen atoms in total. The van der Waals surface area contributed by atoms with E-state index in [-0.39, 0.29) is 40.2 Å². The Morgan fingerprint density at radius 3 is 2.59 bits per heavy atom. The first-order valence-electron chi connectivity index (χ1n) is 11.2. The lowest BCUT2D eigenvalue weighted by atomic mass is 9.88. The minimum absolute atomic E-state index is 0.0170. The molecule has 3 unspecified atom stereocenters. The minimum Gasteiger partial charge on any atom is -0.477 e. The molecule has 2 saturated heterocycles. The molecule has 12 heteroatoms. The fourth-order valence-electron chi connectivity index (χ4n) is 4.66. The number of aliphatic hydroxyl groups excluding tert-OH is 1. The van der Waals surface area contributed by atoms with E-state index >= 15 is 0 Å². The molecular formula is C22H28Cl2N4O5S. The van der Waals surface area contributed by atoms with Crippen molar-refractivity contribution >= 4 is 51.4 Å². The lowest BCUT2D eigenvalue weighted by Gasteiger charge is -2.37. The van der Waals surface area contributed by atoms with Gasteiger partial charge in [0.05, 0.1) is 27.9 Å². The number of piperidine rings is 1. The summed E-state index contributed by atoms with van der Waals surface area (Å²) in [7, 11) is 1.61. The fraction of sp³-hybridized carbons (Fsp3) is 0.591. The Labute approximate surface area is 211 Å². The van der Waals surface area contributed by atoms with E-state index in [4.69, 9.17) is 27.9 Å². The van der Waals surface area contributed by atoms with Gasteiger partial charge in [0.25, 0.3) is 0 Å². The summed E-state index contributed by atoms with van der Waals surface area (Å²) in [5, 5.41) is 20.7. The molecule has 0 bridgehead atoms. The maximum atomic E-state index is 12.9. The number of likely N-dealkylation sites (tertiary alicyclic amines) is 1. The van der Waals surface area contributed by atoms with E-state index in [0.717, 1.165) is 11.3 Å². The van der Waals surface area contributed by atoms with Gasteiger partial charge in [0.1, 0.15) is 10.6 Å². The number of thiazole rings is 1. The number of carbonyl (C=O) groups is 2. The number of Topliss-reactive ketones (excluding diaryl/α,β-unsaturated/α-hetero) is 1. The maximum Gasteiger partial charge on any atom is 0.347 e. The monoisotopic (exact) mass is 530 g/mol. The van der Waals surface area contributed by atoms with Crippen LogP contribution in [-0.2, 0) is 11.3 Å². The third kappa shape index (κ3) is 5.27. The number of hydrogen-bond donors (Lipinski definition) is 3. The number of carbonyl (C=O) groups excluding carboxylic acids is 1. The first-order valence-corrected chi connectivity index (χ1v) is 12.7. The van der Waals surface area contributed by atoms with Gasteiger partial charge in [-0.1, -0.05) is 34.5 Å². The molecule has 34 heavy (non-hydrogen) atoms. The Morgan fingerprint density at radius 2 is 2.00 bits per heavy atom. The van der Waals surface area contributed by atoms with Crippen molar-refractivity contribution in [1.82, 2.24) is 14.9 Å². The van der Waals surface area contributed by atoms with Gasteiger partial charge >= 0.3 is 5.97 Å². The molecule has 0 aromatic carbocycles. The van der Waals surface area contributed by atoms with E-state index in [0.29, 0.717) is 72.8 Å². The van der Waals surface area contributed by atoms with Gasteiger partial charge in [-0.2, -0.15) is 0 Å². The number of aryl methyl sites for hydroxylation is 1. The van der Waals surface area contributed by atoms with E-state index < -0.39 is 5.97 Å².